The Hall–Kier alpha value is -1.75. The molecule has 0 heterocycles. The normalized spacial score (nSPS) is 12.9. The predicted molar refractivity (Wildman–Crippen MR) is 71.7 cm³/mol. The number of ether oxygens (including phenoxy) is 1. The second kappa shape index (κ2) is 6.80. The molecule has 0 amide bonds. The summed E-state index contributed by atoms with van der Waals surface area (Å²) in [4.78, 5) is 20.3. The fourth-order valence-corrected chi connectivity index (χ4v) is 2.76. The molecule has 0 aromatic heterocycles. The van der Waals surface area contributed by atoms with E-state index < -0.39 is 44.1 Å². The van der Waals surface area contributed by atoms with Crippen LogP contribution in [0, 0.1) is 10.1 Å². The lowest BCUT2D eigenvalue weighted by Crippen LogP contribution is -2.43. The molecule has 2 N–H and O–H groups in total. The van der Waals surface area contributed by atoms with Crippen LogP contribution in [-0.2, 0) is 19.6 Å². The first kappa shape index (κ1) is 17.3. The second-order valence-electron chi connectivity index (χ2n) is 3.84. The van der Waals surface area contributed by atoms with Crippen LogP contribution in [0.15, 0.2) is 23.1 Å². The van der Waals surface area contributed by atoms with Gasteiger partial charge in [-0.3, -0.25) is 14.9 Å². The summed E-state index contributed by atoms with van der Waals surface area (Å²) >= 11 is 5.58. The molecular weight excluding hydrogens is 328 g/mol. The topological polar surface area (TPSA) is 136 Å². The van der Waals surface area contributed by atoms with Crippen LogP contribution in [0.25, 0.3) is 0 Å². The Kier molecular flexibility index (Phi) is 5.61. The summed E-state index contributed by atoms with van der Waals surface area (Å²) in [6.07, 6.45) is 0. The van der Waals surface area contributed by atoms with E-state index in [2.05, 4.69) is 4.74 Å². The van der Waals surface area contributed by atoms with Crippen LogP contribution in [-0.4, -0.2) is 44.2 Å². The molecule has 0 aliphatic rings. The van der Waals surface area contributed by atoms with Gasteiger partial charge in [0.1, 0.15) is 11.1 Å². The van der Waals surface area contributed by atoms with Crippen molar-refractivity contribution < 1.29 is 28.0 Å². The van der Waals surface area contributed by atoms with Gasteiger partial charge in [0.15, 0.2) is 0 Å². The van der Waals surface area contributed by atoms with Crippen LogP contribution >= 0.6 is 11.6 Å². The fourth-order valence-electron chi connectivity index (χ4n) is 1.38. The number of carboxylic acids is 1. The summed E-state index contributed by atoms with van der Waals surface area (Å²) in [6, 6.07) is 1.30. The van der Waals surface area contributed by atoms with Crippen molar-refractivity contribution in [2.75, 3.05) is 13.7 Å². The monoisotopic (exact) mass is 338 g/mol. The van der Waals surface area contributed by atoms with Crippen molar-refractivity contribution in [1.82, 2.24) is 4.72 Å². The Morgan fingerprint density at radius 1 is 1.57 bits per heavy atom. The summed E-state index contributed by atoms with van der Waals surface area (Å²) in [5, 5.41) is 19.4. The number of nitrogens with zero attached hydrogens (tertiary/aromatic N) is 1. The minimum absolute atomic E-state index is 0.231. The number of sulfonamides is 1. The van der Waals surface area contributed by atoms with E-state index in [0.29, 0.717) is 0 Å². The number of aliphatic carboxylic acids is 1. The van der Waals surface area contributed by atoms with E-state index in [9.17, 15) is 23.3 Å². The molecule has 0 spiro atoms. The number of hydrogen-bond donors (Lipinski definition) is 2. The van der Waals surface area contributed by atoms with E-state index in [0.717, 1.165) is 18.2 Å². The maximum Gasteiger partial charge on any atom is 0.324 e. The van der Waals surface area contributed by atoms with Gasteiger partial charge in [0, 0.05) is 13.2 Å². The van der Waals surface area contributed by atoms with Gasteiger partial charge in [-0.25, -0.2) is 8.42 Å². The van der Waals surface area contributed by atoms with Crippen LogP contribution < -0.4 is 4.72 Å². The SMILES string of the molecule is COCC(NS(=O)(=O)c1ccc(Cl)c([N+](=O)[O-])c1)C(=O)O. The van der Waals surface area contributed by atoms with Crippen molar-refractivity contribution in [1.29, 1.82) is 0 Å². The van der Waals surface area contributed by atoms with Crippen LogP contribution in [0.4, 0.5) is 5.69 Å². The molecule has 1 aromatic rings. The summed E-state index contributed by atoms with van der Waals surface area (Å²) in [6.45, 7) is -0.399. The molecule has 1 aromatic carbocycles. The summed E-state index contributed by atoms with van der Waals surface area (Å²) < 4.78 is 30.5. The zero-order chi connectivity index (χ0) is 16.2. The van der Waals surface area contributed by atoms with Crippen LogP contribution in [0.3, 0.4) is 0 Å². The van der Waals surface area contributed by atoms with E-state index in [1.54, 1.807) is 0 Å². The molecule has 21 heavy (non-hydrogen) atoms. The predicted octanol–water partition coefficient (Wildman–Crippen LogP) is 0.626. The van der Waals surface area contributed by atoms with E-state index in [4.69, 9.17) is 16.7 Å². The lowest BCUT2D eigenvalue weighted by Gasteiger charge is -2.13. The number of methoxy groups -OCH3 is 1. The van der Waals surface area contributed by atoms with Crippen molar-refractivity contribution in [3.8, 4) is 0 Å². The highest BCUT2D eigenvalue weighted by atomic mass is 35.5. The summed E-state index contributed by atoms with van der Waals surface area (Å²) in [5.74, 6) is -1.44. The Morgan fingerprint density at radius 2 is 2.19 bits per heavy atom. The fraction of sp³-hybridized carbons (Fsp3) is 0.300. The molecule has 0 aliphatic carbocycles. The van der Waals surface area contributed by atoms with Crippen molar-refractivity contribution in [2.24, 2.45) is 0 Å². The van der Waals surface area contributed by atoms with Gasteiger partial charge in [-0.05, 0) is 12.1 Å². The number of halogens is 1. The summed E-state index contributed by atoms with van der Waals surface area (Å²) in [5.41, 5.74) is -0.599. The lowest BCUT2D eigenvalue weighted by atomic mass is 10.3. The molecule has 9 nitrogen and oxygen atoms in total. The van der Waals surface area contributed by atoms with Gasteiger partial charge in [-0.1, -0.05) is 11.6 Å². The molecule has 0 saturated heterocycles. The Balaban J connectivity index is 3.16. The third-order valence-electron chi connectivity index (χ3n) is 2.35. The highest BCUT2D eigenvalue weighted by Crippen LogP contribution is 2.27. The molecule has 0 bridgehead atoms. The molecule has 1 rings (SSSR count). The van der Waals surface area contributed by atoms with E-state index >= 15 is 0 Å². The van der Waals surface area contributed by atoms with E-state index in [1.165, 1.54) is 7.11 Å². The third-order valence-corrected chi connectivity index (χ3v) is 4.14. The number of carbonyl (C=O) groups is 1. The van der Waals surface area contributed by atoms with E-state index in [-0.39, 0.29) is 5.02 Å². The maximum atomic E-state index is 12.0. The maximum absolute atomic E-state index is 12.0. The van der Waals surface area contributed by atoms with Gasteiger partial charge in [0.25, 0.3) is 5.69 Å². The van der Waals surface area contributed by atoms with Crippen LogP contribution in [0.1, 0.15) is 0 Å². The molecule has 116 valence electrons. The smallest absolute Gasteiger partial charge is 0.324 e. The highest BCUT2D eigenvalue weighted by molar-refractivity contribution is 7.89. The molecule has 0 radical (unpaired) electrons. The molecule has 0 fully saturated rings. The zero-order valence-electron chi connectivity index (χ0n) is 10.6. The third kappa shape index (κ3) is 4.36. The molecule has 1 unspecified atom stereocenters. The number of rotatable bonds is 7. The first-order valence-electron chi connectivity index (χ1n) is 5.37. The van der Waals surface area contributed by atoms with Gasteiger partial charge in [0.05, 0.1) is 16.4 Å². The number of benzene rings is 1. The van der Waals surface area contributed by atoms with E-state index in [1.807, 2.05) is 4.72 Å². The Morgan fingerprint density at radius 3 is 2.67 bits per heavy atom. The number of hydrogen-bond acceptors (Lipinski definition) is 6. The minimum atomic E-state index is -4.27. The molecular formula is C10H11ClN2O7S. The first-order valence-corrected chi connectivity index (χ1v) is 7.23. The molecule has 1 atom stereocenters. The van der Waals surface area contributed by atoms with Crippen molar-refractivity contribution in [2.45, 2.75) is 10.9 Å². The second-order valence-corrected chi connectivity index (χ2v) is 5.96. The summed E-state index contributed by atoms with van der Waals surface area (Å²) in [7, 11) is -3.07. The molecule has 0 aliphatic heterocycles. The van der Waals surface area contributed by atoms with Crippen LogP contribution in [0.5, 0.6) is 0 Å². The lowest BCUT2D eigenvalue weighted by molar-refractivity contribution is -0.384. The van der Waals surface area contributed by atoms with Gasteiger partial charge < -0.3 is 9.84 Å². The number of nitro groups is 1. The van der Waals surface area contributed by atoms with Gasteiger partial charge in [-0.2, -0.15) is 4.72 Å². The average Bonchev–Trinajstić information content (AvgIpc) is 2.37. The number of carboxylic acid groups (broad SMARTS) is 1. The largest absolute Gasteiger partial charge is 0.480 e. The van der Waals surface area contributed by atoms with Gasteiger partial charge in [0.2, 0.25) is 10.0 Å². The first-order chi connectivity index (χ1) is 9.69. The molecule has 0 saturated carbocycles. The van der Waals surface area contributed by atoms with Gasteiger partial charge >= 0.3 is 5.97 Å². The number of nitro benzene ring substituents is 1. The minimum Gasteiger partial charge on any atom is -0.480 e. The van der Waals surface area contributed by atoms with Gasteiger partial charge in [-0.15, -0.1) is 0 Å². The van der Waals surface area contributed by atoms with Crippen molar-refractivity contribution >= 4 is 33.3 Å². The quantitative estimate of drug-likeness (QED) is 0.549. The zero-order valence-corrected chi connectivity index (χ0v) is 12.2. The number of nitrogens with one attached hydrogen (secondary N) is 1. The average molecular weight is 339 g/mol. The highest BCUT2D eigenvalue weighted by Gasteiger charge is 2.27. The van der Waals surface area contributed by atoms with Crippen molar-refractivity contribution in [3.63, 3.8) is 0 Å². The Labute approximate surface area is 124 Å². The van der Waals surface area contributed by atoms with Crippen molar-refractivity contribution in [3.05, 3.63) is 33.3 Å². The Bertz CT molecular complexity index is 661. The molecule has 11 heteroatoms. The standard InChI is InChI=1S/C10H11ClN2O7S/c1-20-5-8(10(14)15)12-21(18,19)6-2-3-7(11)9(4-6)13(16)17/h2-4,8,12H,5H2,1H3,(H,14,15). The van der Waals surface area contributed by atoms with Crippen LogP contribution in [0.2, 0.25) is 5.02 Å².